The van der Waals surface area contributed by atoms with E-state index < -0.39 is 0 Å². The highest BCUT2D eigenvalue weighted by Gasteiger charge is 2.30. The van der Waals surface area contributed by atoms with Gasteiger partial charge in [-0.05, 0) is 37.7 Å². The van der Waals surface area contributed by atoms with Crippen LogP contribution in [-0.4, -0.2) is 52.7 Å². The zero-order valence-corrected chi connectivity index (χ0v) is 16.6. The molecule has 7 heteroatoms. The molecule has 1 aliphatic heterocycles. The summed E-state index contributed by atoms with van der Waals surface area (Å²) in [5, 5.41) is 0. The van der Waals surface area contributed by atoms with Crippen LogP contribution in [0.1, 0.15) is 54.2 Å². The fraction of sp³-hybridized carbons (Fsp3) is 0.571. The molecule has 7 nitrogen and oxygen atoms in total. The van der Waals surface area contributed by atoms with Gasteiger partial charge >= 0.3 is 0 Å². The number of piperidine rings is 1. The van der Waals surface area contributed by atoms with Crippen molar-refractivity contribution in [2.24, 2.45) is 5.92 Å². The van der Waals surface area contributed by atoms with Gasteiger partial charge in [-0.25, -0.2) is 4.98 Å². The summed E-state index contributed by atoms with van der Waals surface area (Å²) in [7, 11) is 3.07. The Hall–Kier alpha value is -2.57. The van der Waals surface area contributed by atoms with Crippen LogP contribution in [-0.2, 0) is 6.54 Å². The number of ether oxygens (including phenoxy) is 2. The molecule has 2 aliphatic rings. The van der Waals surface area contributed by atoms with Gasteiger partial charge in [-0.2, -0.15) is 4.98 Å². The van der Waals surface area contributed by atoms with Crippen LogP contribution < -0.4 is 9.47 Å². The molecule has 2 fully saturated rings. The minimum absolute atomic E-state index is 0.0474. The lowest BCUT2D eigenvalue weighted by atomic mass is 9.85. The third kappa shape index (κ3) is 3.70. The van der Waals surface area contributed by atoms with Crippen molar-refractivity contribution < 1.29 is 14.3 Å². The predicted molar refractivity (Wildman–Crippen MR) is 105 cm³/mol. The monoisotopic (exact) mass is 384 g/mol. The number of methoxy groups -OCH3 is 2. The van der Waals surface area contributed by atoms with E-state index in [1.807, 2.05) is 11.1 Å². The molecule has 2 aromatic heterocycles. The molecule has 0 spiro atoms. The van der Waals surface area contributed by atoms with E-state index in [9.17, 15) is 4.79 Å². The molecule has 0 bridgehead atoms. The highest BCUT2D eigenvalue weighted by molar-refractivity contribution is 5.96. The second-order valence-electron chi connectivity index (χ2n) is 7.74. The van der Waals surface area contributed by atoms with Crippen LogP contribution in [0.5, 0.6) is 11.8 Å². The number of nitrogens with zero attached hydrogens (tertiary/aromatic N) is 4. The van der Waals surface area contributed by atoms with Crippen LogP contribution in [0.4, 0.5) is 0 Å². The molecule has 1 amide bonds. The molecule has 1 aliphatic carbocycles. The quantitative estimate of drug-likeness (QED) is 0.765. The number of aromatic nitrogens is 3. The zero-order chi connectivity index (χ0) is 19.5. The highest BCUT2D eigenvalue weighted by atomic mass is 16.5. The number of rotatable bonds is 6. The fourth-order valence-electron chi connectivity index (χ4n) is 4.19. The van der Waals surface area contributed by atoms with Crippen molar-refractivity contribution in [1.29, 1.82) is 0 Å². The molecule has 1 saturated heterocycles. The molecule has 28 heavy (non-hydrogen) atoms. The van der Waals surface area contributed by atoms with E-state index in [-0.39, 0.29) is 11.8 Å². The Morgan fingerprint density at radius 1 is 1.18 bits per heavy atom. The Morgan fingerprint density at radius 2 is 2.04 bits per heavy atom. The Labute approximate surface area is 165 Å². The van der Waals surface area contributed by atoms with Crippen LogP contribution in [0.25, 0.3) is 0 Å². The molecule has 0 aromatic carbocycles. The first kappa shape index (κ1) is 18.8. The van der Waals surface area contributed by atoms with Gasteiger partial charge in [0, 0.05) is 44.0 Å². The Morgan fingerprint density at radius 3 is 2.75 bits per heavy atom. The fourth-order valence-corrected chi connectivity index (χ4v) is 4.19. The molecule has 1 saturated carbocycles. The first-order chi connectivity index (χ1) is 13.7. The average Bonchev–Trinajstić information content (AvgIpc) is 3.18. The van der Waals surface area contributed by atoms with Crippen molar-refractivity contribution in [1.82, 2.24) is 19.4 Å². The number of pyridine rings is 1. The van der Waals surface area contributed by atoms with Gasteiger partial charge in [0.05, 0.1) is 14.2 Å². The number of carbonyl (C=O) groups excluding carboxylic acids is 1. The van der Waals surface area contributed by atoms with E-state index >= 15 is 0 Å². The number of amides is 1. The van der Waals surface area contributed by atoms with Gasteiger partial charge in [0.15, 0.2) is 0 Å². The summed E-state index contributed by atoms with van der Waals surface area (Å²) in [6, 6.07) is 3.43. The molecule has 150 valence electrons. The second kappa shape index (κ2) is 8.20. The maximum atomic E-state index is 13.2. The third-order valence-corrected chi connectivity index (χ3v) is 5.97. The number of hydrogen-bond donors (Lipinski definition) is 0. The van der Waals surface area contributed by atoms with Crippen molar-refractivity contribution >= 4 is 5.91 Å². The zero-order valence-electron chi connectivity index (χ0n) is 16.6. The summed E-state index contributed by atoms with van der Waals surface area (Å²) in [6.45, 7) is 2.47. The summed E-state index contributed by atoms with van der Waals surface area (Å²) in [6.07, 6.45) is 9.99. The molecular formula is C21H28N4O3. The Kier molecular flexibility index (Phi) is 5.50. The van der Waals surface area contributed by atoms with Gasteiger partial charge in [0.1, 0.15) is 11.4 Å². The number of carbonyl (C=O) groups is 1. The van der Waals surface area contributed by atoms with Crippen LogP contribution >= 0.6 is 0 Å². The van der Waals surface area contributed by atoms with Crippen LogP contribution in [0.3, 0.4) is 0 Å². The molecule has 0 unspecified atom stereocenters. The first-order valence-corrected chi connectivity index (χ1v) is 10.1. The van der Waals surface area contributed by atoms with Gasteiger partial charge < -0.3 is 18.9 Å². The van der Waals surface area contributed by atoms with Crippen molar-refractivity contribution in [3.63, 3.8) is 0 Å². The van der Waals surface area contributed by atoms with E-state index in [0.29, 0.717) is 23.9 Å². The maximum absolute atomic E-state index is 13.2. The Bertz CT molecular complexity index is 831. The summed E-state index contributed by atoms with van der Waals surface area (Å²) in [5.41, 5.74) is 0.474. The SMILES string of the molecule is COc1ccc(C(=O)N2CCC[C@@H](c3nccn3CC3CCC3)C2)c(OC)n1. The number of hydrogen-bond acceptors (Lipinski definition) is 5. The predicted octanol–water partition coefficient (Wildman–Crippen LogP) is 3.12. The first-order valence-electron chi connectivity index (χ1n) is 10.1. The van der Waals surface area contributed by atoms with Crippen molar-refractivity contribution in [3.05, 3.63) is 35.9 Å². The molecule has 1 atom stereocenters. The minimum Gasteiger partial charge on any atom is -0.481 e. The van der Waals surface area contributed by atoms with Crippen molar-refractivity contribution in [2.45, 2.75) is 44.6 Å². The van der Waals surface area contributed by atoms with Crippen LogP contribution in [0.2, 0.25) is 0 Å². The molecule has 0 radical (unpaired) electrons. The lowest BCUT2D eigenvalue weighted by Crippen LogP contribution is -2.40. The standard InChI is InChI=1S/C21H28N4O3/c1-27-18-9-8-17(20(23-18)28-2)21(26)25-11-4-7-16(14-25)19-22-10-12-24(19)13-15-5-3-6-15/h8-10,12,15-16H,3-7,11,13-14H2,1-2H3/t16-/m1/s1. The van der Waals surface area contributed by atoms with E-state index in [1.165, 1.54) is 26.4 Å². The van der Waals surface area contributed by atoms with Crippen LogP contribution in [0.15, 0.2) is 24.5 Å². The van der Waals surface area contributed by atoms with Gasteiger partial charge in [0.2, 0.25) is 11.8 Å². The van der Waals surface area contributed by atoms with E-state index in [0.717, 1.165) is 37.7 Å². The lowest BCUT2D eigenvalue weighted by Gasteiger charge is -2.34. The van der Waals surface area contributed by atoms with Crippen LogP contribution in [0, 0.1) is 5.92 Å². The van der Waals surface area contributed by atoms with E-state index in [1.54, 1.807) is 19.2 Å². The highest BCUT2D eigenvalue weighted by Crippen LogP contribution is 2.32. The second-order valence-corrected chi connectivity index (χ2v) is 7.74. The average molecular weight is 384 g/mol. The third-order valence-electron chi connectivity index (χ3n) is 5.97. The van der Waals surface area contributed by atoms with Crippen molar-refractivity contribution in [3.8, 4) is 11.8 Å². The molecule has 3 heterocycles. The van der Waals surface area contributed by atoms with Gasteiger partial charge in [-0.1, -0.05) is 6.42 Å². The summed E-state index contributed by atoms with van der Waals surface area (Å²) in [5.74, 6) is 2.85. The Balaban J connectivity index is 1.50. The molecule has 4 rings (SSSR count). The maximum Gasteiger partial charge on any atom is 0.259 e. The van der Waals surface area contributed by atoms with E-state index in [4.69, 9.17) is 9.47 Å². The van der Waals surface area contributed by atoms with Gasteiger partial charge in [0.25, 0.3) is 5.91 Å². The minimum atomic E-state index is -0.0474. The smallest absolute Gasteiger partial charge is 0.259 e. The molecule has 0 N–H and O–H groups in total. The topological polar surface area (TPSA) is 69.5 Å². The van der Waals surface area contributed by atoms with Crippen molar-refractivity contribution in [2.75, 3.05) is 27.3 Å². The van der Waals surface area contributed by atoms with Gasteiger partial charge in [-0.15, -0.1) is 0 Å². The van der Waals surface area contributed by atoms with E-state index in [2.05, 4.69) is 20.7 Å². The number of imidazole rings is 1. The number of likely N-dealkylation sites (tertiary alicyclic amines) is 1. The normalized spacial score (nSPS) is 19.9. The van der Waals surface area contributed by atoms with Gasteiger partial charge in [-0.3, -0.25) is 4.79 Å². The summed E-state index contributed by atoms with van der Waals surface area (Å²) < 4.78 is 12.8. The largest absolute Gasteiger partial charge is 0.481 e. The molecule has 2 aromatic rings. The molecular weight excluding hydrogens is 356 g/mol. The summed E-state index contributed by atoms with van der Waals surface area (Å²) >= 11 is 0. The summed E-state index contributed by atoms with van der Waals surface area (Å²) in [4.78, 5) is 23.9. The lowest BCUT2D eigenvalue weighted by molar-refractivity contribution is 0.0698.